The first-order valence-corrected chi connectivity index (χ1v) is 4.57. The van der Waals surface area contributed by atoms with Gasteiger partial charge in [-0.15, -0.1) is 0 Å². The van der Waals surface area contributed by atoms with E-state index in [1.807, 2.05) is 0 Å². The smallest absolute Gasteiger partial charge is 0.0462 e. The first kappa shape index (κ1) is 9.05. The van der Waals surface area contributed by atoms with Crippen LogP contribution in [0.1, 0.15) is 34.1 Å². The van der Waals surface area contributed by atoms with Crippen LogP contribution in [0.15, 0.2) is 0 Å². The molecule has 1 heteroatoms. The van der Waals surface area contributed by atoms with Crippen LogP contribution in [0.5, 0.6) is 0 Å². The molecule has 1 nitrogen and oxygen atoms in total. The summed E-state index contributed by atoms with van der Waals surface area (Å²) < 4.78 is 0. The molecule has 1 rings (SSSR count). The molecular formula is C10H20O. The molecule has 0 aromatic heterocycles. The highest BCUT2D eigenvalue weighted by atomic mass is 16.3. The maximum Gasteiger partial charge on any atom is 0.0462 e. The third-order valence-electron chi connectivity index (χ3n) is 3.22. The van der Waals surface area contributed by atoms with E-state index in [0.717, 1.165) is 11.8 Å². The molecule has 1 N–H and O–H groups in total. The van der Waals surface area contributed by atoms with Crippen LogP contribution >= 0.6 is 0 Å². The lowest BCUT2D eigenvalue weighted by Crippen LogP contribution is -2.20. The molecule has 0 radical (unpaired) electrons. The zero-order valence-corrected chi connectivity index (χ0v) is 8.09. The third-order valence-corrected chi connectivity index (χ3v) is 3.22. The maximum atomic E-state index is 8.89. The zero-order valence-electron chi connectivity index (χ0n) is 8.09. The molecule has 0 spiro atoms. The first-order chi connectivity index (χ1) is 4.96. The van der Waals surface area contributed by atoms with Crippen molar-refractivity contribution in [1.82, 2.24) is 0 Å². The van der Waals surface area contributed by atoms with Gasteiger partial charge >= 0.3 is 0 Å². The molecule has 1 saturated carbocycles. The number of hydrogen-bond acceptors (Lipinski definition) is 1. The predicted molar refractivity (Wildman–Crippen MR) is 47.3 cm³/mol. The number of hydrogen-bond donors (Lipinski definition) is 1. The molecule has 0 aliphatic heterocycles. The van der Waals surface area contributed by atoms with Crippen LogP contribution in [0.4, 0.5) is 0 Å². The summed E-state index contributed by atoms with van der Waals surface area (Å²) in [7, 11) is 0. The van der Waals surface area contributed by atoms with Crippen molar-refractivity contribution in [2.24, 2.45) is 23.2 Å². The summed E-state index contributed by atoms with van der Waals surface area (Å²) >= 11 is 0. The first-order valence-electron chi connectivity index (χ1n) is 4.57. The Labute approximate surface area is 69.8 Å². The van der Waals surface area contributed by atoms with Gasteiger partial charge in [0, 0.05) is 6.61 Å². The molecular weight excluding hydrogens is 136 g/mol. The van der Waals surface area contributed by atoms with Crippen molar-refractivity contribution >= 4 is 0 Å². The molecule has 3 atom stereocenters. The Hall–Kier alpha value is -0.0400. The number of aliphatic hydroxyl groups is 1. The van der Waals surface area contributed by atoms with Gasteiger partial charge in [-0.05, 0) is 29.6 Å². The highest BCUT2D eigenvalue weighted by Gasteiger charge is 2.44. The van der Waals surface area contributed by atoms with E-state index in [4.69, 9.17) is 5.11 Å². The van der Waals surface area contributed by atoms with Gasteiger partial charge in [0.05, 0.1) is 0 Å². The van der Waals surface area contributed by atoms with Crippen molar-refractivity contribution in [3.8, 4) is 0 Å². The van der Waals surface area contributed by atoms with E-state index in [9.17, 15) is 0 Å². The molecule has 1 aliphatic carbocycles. The van der Waals surface area contributed by atoms with E-state index < -0.39 is 0 Å². The fourth-order valence-corrected chi connectivity index (χ4v) is 1.74. The van der Waals surface area contributed by atoms with E-state index in [-0.39, 0.29) is 0 Å². The molecule has 1 aliphatic rings. The topological polar surface area (TPSA) is 20.2 Å². The van der Waals surface area contributed by atoms with Gasteiger partial charge in [-0.3, -0.25) is 0 Å². The standard InChI is InChI=1S/C10H20O/c1-7(10(2,3)4)9-5-8(9)6-11/h7-9,11H,5-6H2,1-4H3. The molecule has 0 heterocycles. The zero-order chi connectivity index (χ0) is 8.65. The van der Waals surface area contributed by atoms with E-state index in [2.05, 4.69) is 27.7 Å². The predicted octanol–water partition coefficient (Wildman–Crippen LogP) is 2.30. The van der Waals surface area contributed by atoms with E-state index >= 15 is 0 Å². The van der Waals surface area contributed by atoms with E-state index in [0.29, 0.717) is 17.9 Å². The lowest BCUT2D eigenvalue weighted by atomic mass is 9.78. The average molecular weight is 156 g/mol. The molecule has 0 aromatic carbocycles. The minimum Gasteiger partial charge on any atom is -0.396 e. The molecule has 11 heavy (non-hydrogen) atoms. The summed E-state index contributed by atoms with van der Waals surface area (Å²) in [6.45, 7) is 9.55. The third kappa shape index (κ3) is 1.96. The molecule has 0 bridgehead atoms. The minimum absolute atomic E-state index is 0.394. The van der Waals surface area contributed by atoms with Crippen LogP contribution < -0.4 is 0 Å². The molecule has 0 aromatic rings. The van der Waals surface area contributed by atoms with Gasteiger partial charge in [-0.2, -0.15) is 0 Å². The summed E-state index contributed by atoms with van der Waals surface area (Å²) in [5.41, 5.74) is 0.411. The number of rotatable bonds is 2. The molecule has 1 fully saturated rings. The van der Waals surface area contributed by atoms with Crippen LogP contribution in [0.3, 0.4) is 0 Å². The fourth-order valence-electron chi connectivity index (χ4n) is 1.74. The van der Waals surface area contributed by atoms with Crippen molar-refractivity contribution in [2.75, 3.05) is 6.61 Å². The fraction of sp³-hybridized carbons (Fsp3) is 1.00. The normalized spacial score (nSPS) is 33.5. The summed E-state index contributed by atoms with van der Waals surface area (Å²) in [6.07, 6.45) is 1.24. The van der Waals surface area contributed by atoms with E-state index in [1.165, 1.54) is 6.42 Å². The van der Waals surface area contributed by atoms with Crippen molar-refractivity contribution < 1.29 is 5.11 Å². The van der Waals surface area contributed by atoms with Gasteiger partial charge in [0.1, 0.15) is 0 Å². The summed E-state index contributed by atoms with van der Waals surface area (Å²) in [5, 5.41) is 8.89. The highest BCUT2D eigenvalue weighted by Crippen LogP contribution is 2.49. The van der Waals surface area contributed by atoms with Crippen molar-refractivity contribution in [1.29, 1.82) is 0 Å². The van der Waals surface area contributed by atoms with Crippen LogP contribution in [0, 0.1) is 23.2 Å². The van der Waals surface area contributed by atoms with Crippen molar-refractivity contribution in [3.05, 3.63) is 0 Å². The van der Waals surface area contributed by atoms with Crippen LogP contribution in [0.2, 0.25) is 0 Å². The SMILES string of the molecule is CC(C1CC1CO)C(C)(C)C. The van der Waals surface area contributed by atoms with Crippen LogP contribution in [0.25, 0.3) is 0 Å². The Morgan fingerprint density at radius 1 is 1.45 bits per heavy atom. The lowest BCUT2D eigenvalue weighted by Gasteiger charge is -2.27. The Morgan fingerprint density at radius 2 is 2.00 bits per heavy atom. The Kier molecular flexibility index (Phi) is 2.29. The maximum absolute atomic E-state index is 8.89. The highest BCUT2D eigenvalue weighted by molar-refractivity contribution is 4.93. The summed E-state index contributed by atoms with van der Waals surface area (Å²) in [6, 6.07) is 0. The monoisotopic (exact) mass is 156 g/mol. The lowest BCUT2D eigenvalue weighted by molar-refractivity contribution is 0.200. The molecule has 66 valence electrons. The van der Waals surface area contributed by atoms with Crippen molar-refractivity contribution in [2.45, 2.75) is 34.1 Å². The van der Waals surface area contributed by atoms with Crippen molar-refractivity contribution in [3.63, 3.8) is 0 Å². The molecule has 0 amide bonds. The van der Waals surface area contributed by atoms with Gasteiger partial charge in [-0.1, -0.05) is 27.7 Å². The van der Waals surface area contributed by atoms with Gasteiger partial charge in [0.25, 0.3) is 0 Å². The number of aliphatic hydroxyl groups excluding tert-OH is 1. The molecule has 0 saturated heterocycles. The second kappa shape index (κ2) is 2.78. The van der Waals surface area contributed by atoms with Crippen LogP contribution in [-0.2, 0) is 0 Å². The largest absolute Gasteiger partial charge is 0.396 e. The second-order valence-electron chi connectivity index (χ2n) is 5.00. The van der Waals surface area contributed by atoms with Gasteiger partial charge in [-0.25, -0.2) is 0 Å². The van der Waals surface area contributed by atoms with Gasteiger partial charge in [0.2, 0.25) is 0 Å². The minimum atomic E-state index is 0.394. The van der Waals surface area contributed by atoms with Gasteiger partial charge < -0.3 is 5.11 Å². The Bertz CT molecular complexity index is 134. The molecule has 3 unspecified atom stereocenters. The van der Waals surface area contributed by atoms with Gasteiger partial charge in [0.15, 0.2) is 0 Å². The summed E-state index contributed by atoms with van der Waals surface area (Å²) in [4.78, 5) is 0. The average Bonchev–Trinajstić information content (AvgIpc) is 2.62. The Morgan fingerprint density at radius 3 is 2.27 bits per heavy atom. The second-order valence-corrected chi connectivity index (χ2v) is 5.00. The van der Waals surface area contributed by atoms with Crippen LogP contribution in [-0.4, -0.2) is 11.7 Å². The Balaban J connectivity index is 2.39. The van der Waals surface area contributed by atoms with E-state index in [1.54, 1.807) is 0 Å². The quantitative estimate of drug-likeness (QED) is 0.650. The summed E-state index contributed by atoms with van der Waals surface area (Å²) in [5.74, 6) is 2.16.